The third kappa shape index (κ3) is 1.96. The minimum absolute atomic E-state index is 0.0843. The highest BCUT2D eigenvalue weighted by Crippen LogP contribution is 2.75. The number of aliphatic hydroxyl groups is 1. The van der Waals surface area contributed by atoms with Crippen LogP contribution < -0.4 is 9.47 Å². The lowest BCUT2D eigenvalue weighted by Crippen LogP contribution is -2.81. The van der Waals surface area contributed by atoms with Gasteiger partial charge in [-0.2, -0.15) is 0 Å². The average molecular weight is 440 g/mol. The predicted molar refractivity (Wildman–Crippen MR) is 123 cm³/mol. The van der Waals surface area contributed by atoms with E-state index in [4.69, 9.17) is 14.2 Å². The van der Waals surface area contributed by atoms with Crippen LogP contribution in [-0.4, -0.2) is 61.2 Å². The van der Waals surface area contributed by atoms with Gasteiger partial charge in [0.25, 0.3) is 0 Å². The van der Waals surface area contributed by atoms with E-state index < -0.39 is 11.2 Å². The first-order valence-corrected chi connectivity index (χ1v) is 12.1. The first kappa shape index (κ1) is 21.0. The molecule has 32 heavy (non-hydrogen) atoms. The minimum Gasteiger partial charge on any atom is -0.493 e. The van der Waals surface area contributed by atoms with Crippen molar-refractivity contribution in [1.82, 2.24) is 4.90 Å². The van der Waals surface area contributed by atoms with Crippen LogP contribution in [-0.2, 0) is 16.6 Å². The lowest BCUT2D eigenvalue weighted by atomic mass is 9.35. The Morgan fingerprint density at radius 3 is 2.56 bits per heavy atom. The molecule has 1 aromatic rings. The summed E-state index contributed by atoms with van der Waals surface area (Å²) in [6, 6.07) is 4.69. The maximum absolute atomic E-state index is 12.1. The molecule has 7 atom stereocenters. The first-order valence-electron chi connectivity index (χ1n) is 12.1. The highest BCUT2D eigenvalue weighted by atomic mass is 16.6. The Morgan fingerprint density at radius 2 is 1.91 bits per heavy atom. The number of methoxy groups -OCH3 is 2. The lowest BCUT2D eigenvalue weighted by Gasteiger charge is -2.72. The number of hydrogen-bond donors (Lipinski definition) is 1. The molecule has 1 N–H and O–H groups in total. The van der Waals surface area contributed by atoms with Crippen molar-refractivity contribution in [2.45, 2.75) is 75.7 Å². The molecule has 2 spiro atoms. The minimum atomic E-state index is -0.933. The summed E-state index contributed by atoms with van der Waals surface area (Å²) in [5.41, 5.74) is 0.548. The SMILES string of the molecule is COc1ccc2c3c1O[C@H]1[C@@]4(OC)C=C[C@@]5(C[C@@H]4[C@](C)(O)C(C)(C)C)[C@@H](C2)N(C)CC[C@]315. The Balaban J connectivity index is 1.67. The van der Waals surface area contributed by atoms with Gasteiger partial charge in [0.15, 0.2) is 11.5 Å². The molecule has 2 fully saturated rings. The van der Waals surface area contributed by atoms with Gasteiger partial charge in [-0.15, -0.1) is 0 Å². The topological polar surface area (TPSA) is 51.2 Å². The van der Waals surface area contributed by atoms with Crippen LogP contribution in [0, 0.1) is 16.7 Å². The van der Waals surface area contributed by atoms with Crippen LogP contribution in [0.5, 0.6) is 11.5 Å². The quantitative estimate of drug-likeness (QED) is 0.728. The molecule has 0 amide bonds. The van der Waals surface area contributed by atoms with Gasteiger partial charge in [0, 0.05) is 30.0 Å². The van der Waals surface area contributed by atoms with Gasteiger partial charge in [0.05, 0.1) is 18.1 Å². The van der Waals surface area contributed by atoms with Gasteiger partial charge in [0.1, 0.15) is 11.7 Å². The fourth-order valence-corrected chi connectivity index (χ4v) is 8.37. The van der Waals surface area contributed by atoms with Crippen LogP contribution >= 0.6 is 0 Å². The van der Waals surface area contributed by atoms with Crippen molar-refractivity contribution < 1.29 is 19.3 Å². The Bertz CT molecular complexity index is 1030. The van der Waals surface area contributed by atoms with Gasteiger partial charge in [0.2, 0.25) is 0 Å². The monoisotopic (exact) mass is 439 g/mol. The molecule has 2 aliphatic heterocycles. The first-order chi connectivity index (χ1) is 15.0. The zero-order valence-corrected chi connectivity index (χ0v) is 20.5. The molecule has 4 aliphatic carbocycles. The van der Waals surface area contributed by atoms with E-state index in [0.29, 0.717) is 6.04 Å². The zero-order chi connectivity index (χ0) is 22.9. The van der Waals surface area contributed by atoms with Gasteiger partial charge >= 0.3 is 0 Å². The molecule has 0 aromatic heterocycles. The fraction of sp³-hybridized carbons (Fsp3) is 0.704. The average Bonchev–Trinajstić information content (AvgIpc) is 3.12. The van der Waals surface area contributed by atoms with Gasteiger partial charge < -0.3 is 24.2 Å². The number of piperidine rings is 1. The summed E-state index contributed by atoms with van der Waals surface area (Å²) in [5.74, 6) is 1.63. The molecule has 0 radical (unpaired) electrons. The third-order valence-corrected chi connectivity index (χ3v) is 10.5. The Labute approximate surface area is 191 Å². The molecule has 1 saturated heterocycles. The van der Waals surface area contributed by atoms with Crippen molar-refractivity contribution in [2.75, 3.05) is 27.8 Å². The molecular weight excluding hydrogens is 402 g/mol. The molecular formula is C27H37NO4. The van der Waals surface area contributed by atoms with Crippen LogP contribution in [0.1, 0.15) is 51.7 Å². The number of fused-ring (bicyclic) bond motifs is 1. The fourth-order valence-electron chi connectivity index (χ4n) is 8.37. The molecule has 1 aromatic carbocycles. The van der Waals surface area contributed by atoms with Gasteiger partial charge in [-0.05, 0) is 56.8 Å². The van der Waals surface area contributed by atoms with Crippen LogP contribution in [0.25, 0.3) is 0 Å². The maximum Gasteiger partial charge on any atom is 0.166 e. The lowest BCUT2D eigenvalue weighted by molar-refractivity contribution is -0.261. The van der Waals surface area contributed by atoms with Crippen molar-refractivity contribution >= 4 is 0 Å². The zero-order valence-electron chi connectivity index (χ0n) is 20.5. The molecule has 1 saturated carbocycles. The number of ether oxygens (including phenoxy) is 3. The van der Waals surface area contributed by atoms with Gasteiger partial charge in [-0.3, -0.25) is 0 Å². The summed E-state index contributed by atoms with van der Waals surface area (Å²) in [5, 5.41) is 12.1. The van der Waals surface area contributed by atoms with Crippen molar-refractivity contribution in [1.29, 1.82) is 0 Å². The van der Waals surface area contributed by atoms with Crippen LogP contribution in [0.4, 0.5) is 0 Å². The molecule has 7 rings (SSSR count). The van der Waals surface area contributed by atoms with Crippen molar-refractivity contribution in [2.24, 2.45) is 16.7 Å². The summed E-state index contributed by atoms with van der Waals surface area (Å²) >= 11 is 0. The number of likely N-dealkylation sites (tertiary alicyclic amines) is 1. The molecule has 2 heterocycles. The summed E-state index contributed by atoms with van der Waals surface area (Å²) in [6.45, 7) is 9.45. The van der Waals surface area contributed by atoms with E-state index >= 15 is 0 Å². The van der Waals surface area contributed by atoms with Crippen LogP contribution in [0.3, 0.4) is 0 Å². The molecule has 174 valence electrons. The van der Waals surface area contributed by atoms with Crippen LogP contribution in [0.15, 0.2) is 24.3 Å². The summed E-state index contributed by atoms with van der Waals surface area (Å²) in [6.07, 6.45) is 7.46. The molecule has 4 bridgehead atoms. The van der Waals surface area contributed by atoms with Gasteiger partial charge in [-0.25, -0.2) is 0 Å². The molecule has 6 aliphatic rings. The molecule has 5 nitrogen and oxygen atoms in total. The second-order valence-corrected chi connectivity index (χ2v) is 12.1. The van der Waals surface area contributed by atoms with Crippen molar-refractivity contribution in [3.63, 3.8) is 0 Å². The number of nitrogens with zero attached hydrogens (tertiary/aromatic N) is 1. The van der Waals surface area contributed by atoms with E-state index in [2.05, 4.69) is 57.0 Å². The van der Waals surface area contributed by atoms with Crippen LogP contribution in [0.2, 0.25) is 0 Å². The van der Waals surface area contributed by atoms with Crippen molar-refractivity contribution in [3.05, 3.63) is 35.4 Å². The molecule has 0 unspecified atom stereocenters. The Hall–Kier alpha value is -1.56. The predicted octanol–water partition coefficient (Wildman–Crippen LogP) is 3.71. The summed E-state index contributed by atoms with van der Waals surface area (Å²) < 4.78 is 19.2. The van der Waals surface area contributed by atoms with E-state index in [-0.39, 0.29) is 28.3 Å². The van der Waals surface area contributed by atoms with Gasteiger partial charge in [-0.1, -0.05) is 39.0 Å². The molecule has 5 heteroatoms. The standard InChI is InChI=1S/C27H37NO4/c1-23(2,3)24(4,29)18-15-25-10-11-27(18,31-7)22-26(25)12-13-28(5)19(25)14-16-8-9-17(30-6)21(32-22)20(16)26/h8-11,18-19,22,29H,12-15H2,1-7H3/t18-,19-,22-,24+,25-,26+,27-/m1/s1. The largest absolute Gasteiger partial charge is 0.493 e. The second-order valence-electron chi connectivity index (χ2n) is 12.1. The number of likely N-dealkylation sites (N-methyl/N-ethyl adjacent to an activating group) is 1. The maximum atomic E-state index is 12.1. The highest BCUT2D eigenvalue weighted by Gasteiger charge is 2.80. The van der Waals surface area contributed by atoms with Crippen molar-refractivity contribution in [3.8, 4) is 11.5 Å². The van der Waals surface area contributed by atoms with E-state index in [9.17, 15) is 5.11 Å². The summed E-state index contributed by atoms with van der Waals surface area (Å²) in [7, 11) is 5.79. The van der Waals surface area contributed by atoms with E-state index in [1.807, 2.05) is 6.92 Å². The Morgan fingerprint density at radius 1 is 1.16 bits per heavy atom. The number of hydrogen-bond acceptors (Lipinski definition) is 5. The van der Waals surface area contributed by atoms with E-state index in [0.717, 1.165) is 37.3 Å². The van der Waals surface area contributed by atoms with E-state index in [1.54, 1.807) is 14.2 Å². The number of benzene rings is 1. The highest BCUT2D eigenvalue weighted by molar-refractivity contribution is 5.65. The summed E-state index contributed by atoms with van der Waals surface area (Å²) in [4.78, 5) is 2.55. The second kappa shape index (κ2) is 5.92. The normalized spacial score (nSPS) is 42.9. The Kier molecular flexibility index (Phi) is 3.88. The third-order valence-electron chi connectivity index (χ3n) is 10.5. The number of rotatable bonds is 3. The van der Waals surface area contributed by atoms with E-state index in [1.165, 1.54) is 11.1 Å². The smallest absolute Gasteiger partial charge is 0.166 e.